The third-order valence-corrected chi connectivity index (χ3v) is 7.03. The van der Waals surface area contributed by atoms with Crippen molar-refractivity contribution >= 4 is 21.9 Å². The number of hydrogen-bond acceptors (Lipinski definition) is 7. The fourth-order valence-corrected chi connectivity index (χ4v) is 5.04. The molecule has 0 bridgehead atoms. The number of aliphatic hydroxyl groups is 2. The van der Waals surface area contributed by atoms with E-state index in [1.807, 2.05) is 28.8 Å². The van der Waals surface area contributed by atoms with Crippen LogP contribution in [0.15, 0.2) is 79.1 Å². The van der Waals surface area contributed by atoms with Crippen molar-refractivity contribution in [2.45, 2.75) is 18.8 Å². The van der Waals surface area contributed by atoms with Gasteiger partial charge < -0.3 is 19.7 Å². The van der Waals surface area contributed by atoms with E-state index in [1.165, 1.54) is 0 Å². The molecule has 1 aliphatic heterocycles. The number of β-amino-alcohol motifs (C(OH)–C–C–N with tert-alkyl or cyclic N) is 2. The number of pyridine rings is 1. The molecule has 8 heteroatoms. The lowest BCUT2D eigenvalue weighted by molar-refractivity contribution is 0.0572. The molecule has 0 amide bonds. The van der Waals surface area contributed by atoms with E-state index in [2.05, 4.69) is 58.4 Å². The number of ether oxygens (including phenoxy) is 2. The third-order valence-electron chi connectivity index (χ3n) is 7.03. The van der Waals surface area contributed by atoms with Gasteiger partial charge in [-0.2, -0.15) is 0 Å². The van der Waals surface area contributed by atoms with Crippen LogP contribution in [-0.2, 0) is 11.3 Å². The summed E-state index contributed by atoms with van der Waals surface area (Å²) >= 11 is 0. The number of aromatic nitrogens is 3. The molecule has 0 saturated carbocycles. The fraction of sp³-hybridized carbons (Fsp3) is 0.267. The van der Waals surface area contributed by atoms with Gasteiger partial charge in [0, 0.05) is 43.8 Å². The topological polar surface area (TPSA) is 92.9 Å². The minimum Gasteiger partial charge on any atom is -0.491 e. The number of nitrogens with zero attached hydrogens (tertiary/aromatic N) is 4. The lowest BCUT2D eigenvalue weighted by atomic mass is 10.0. The molecule has 0 spiro atoms. The zero-order valence-corrected chi connectivity index (χ0v) is 21.2. The van der Waals surface area contributed by atoms with Gasteiger partial charge in [0.15, 0.2) is 0 Å². The van der Waals surface area contributed by atoms with E-state index in [4.69, 9.17) is 14.5 Å². The van der Waals surface area contributed by atoms with E-state index in [0.29, 0.717) is 32.8 Å². The van der Waals surface area contributed by atoms with Crippen LogP contribution in [0, 0.1) is 0 Å². The number of benzene rings is 3. The van der Waals surface area contributed by atoms with Crippen molar-refractivity contribution in [2.75, 3.05) is 33.4 Å². The van der Waals surface area contributed by atoms with Crippen LogP contribution in [0.25, 0.3) is 38.9 Å². The second-order valence-corrected chi connectivity index (χ2v) is 9.68. The standard InChI is InChI=1S/C30H30N4O4/c1-37-13-14-38-23-10-11-26-25(15-23)31-19-34(26)29-12-9-22-3-2-4-24(30(22)32-29)21-7-5-20(6-8-21)16-33-17-27(35)28(36)18-33/h2-12,15,19,27-28,35-36H,13-14,16-18H2,1H3/t27-,28-/m0/s1. The largest absolute Gasteiger partial charge is 0.491 e. The lowest BCUT2D eigenvalue weighted by Gasteiger charge is -2.15. The van der Waals surface area contributed by atoms with Crippen LogP contribution in [0.3, 0.4) is 0 Å². The van der Waals surface area contributed by atoms with Crippen LogP contribution < -0.4 is 4.74 Å². The number of para-hydroxylation sites is 1. The van der Waals surface area contributed by atoms with Crippen molar-refractivity contribution in [3.8, 4) is 22.7 Å². The van der Waals surface area contributed by atoms with Crippen molar-refractivity contribution in [1.82, 2.24) is 19.4 Å². The molecule has 0 aliphatic carbocycles. The maximum atomic E-state index is 9.83. The van der Waals surface area contributed by atoms with Gasteiger partial charge >= 0.3 is 0 Å². The van der Waals surface area contributed by atoms with Gasteiger partial charge in [0.1, 0.15) is 24.5 Å². The second kappa shape index (κ2) is 10.5. The zero-order chi connectivity index (χ0) is 26.1. The van der Waals surface area contributed by atoms with Gasteiger partial charge in [-0.15, -0.1) is 0 Å². The number of likely N-dealkylation sites (tertiary alicyclic amines) is 1. The van der Waals surface area contributed by atoms with E-state index in [0.717, 1.165) is 50.2 Å². The molecule has 3 aromatic carbocycles. The normalized spacial score (nSPS) is 18.0. The number of rotatable bonds is 8. The Bertz CT molecular complexity index is 1560. The lowest BCUT2D eigenvalue weighted by Crippen LogP contribution is -2.22. The molecule has 0 radical (unpaired) electrons. The molecule has 1 aliphatic rings. The van der Waals surface area contributed by atoms with Gasteiger partial charge in [-0.05, 0) is 35.4 Å². The average molecular weight is 511 g/mol. The Labute approximate surface area is 220 Å². The smallest absolute Gasteiger partial charge is 0.139 e. The molecule has 38 heavy (non-hydrogen) atoms. The fourth-order valence-electron chi connectivity index (χ4n) is 5.04. The Morgan fingerprint density at radius 1 is 0.921 bits per heavy atom. The summed E-state index contributed by atoms with van der Waals surface area (Å²) in [6.45, 7) is 2.70. The highest BCUT2D eigenvalue weighted by atomic mass is 16.5. The van der Waals surface area contributed by atoms with Crippen molar-refractivity contribution in [2.24, 2.45) is 0 Å². The SMILES string of the molecule is COCCOc1ccc2c(c1)ncn2-c1ccc2cccc(-c3ccc(CN4C[C@H](O)[C@@H](O)C4)cc3)c2n1. The van der Waals surface area contributed by atoms with Crippen LogP contribution in [-0.4, -0.2) is 75.3 Å². The maximum absolute atomic E-state index is 9.83. The molecule has 2 N–H and O–H groups in total. The van der Waals surface area contributed by atoms with Gasteiger partial charge in [-0.25, -0.2) is 9.97 Å². The number of hydrogen-bond donors (Lipinski definition) is 2. The number of fused-ring (bicyclic) bond motifs is 2. The Morgan fingerprint density at radius 2 is 1.74 bits per heavy atom. The van der Waals surface area contributed by atoms with E-state index < -0.39 is 12.2 Å². The van der Waals surface area contributed by atoms with E-state index in [9.17, 15) is 10.2 Å². The molecule has 6 rings (SSSR count). The summed E-state index contributed by atoms with van der Waals surface area (Å²) in [4.78, 5) is 11.7. The first-order valence-corrected chi connectivity index (χ1v) is 12.8. The van der Waals surface area contributed by atoms with Crippen LogP contribution in [0.2, 0.25) is 0 Å². The summed E-state index contributed by atoms with van der Waals surface area (Å²) in [6.07, 6.45) is 0.449. The van der Waals surface area contributed by atoms with Crippen LogP contribution in [0.5, 0.6) is 5.75 Å². The van der Waals surface area contributed by atoms with Gasteiger partial charge in [0.05, 0.1) is 35.4 Å². The molecule has 1 fully saturated rings. The molecular weight excluding hydrogens is 480 g/mol. The van der Waals surface area contributed by atoms with Gasteiger partial charge in [-0.1, -0.05) is 42.5 Å². The zero-order valence-electron chi connectivity index (χ0n) is 21.2. The Hall–Kier alpha value is -3.82. The summed E-state index contributed by atoms with van der Waals surface area (Å²) < 4.78 is 12.8. The van der Waals surface area contributed by atoms with Crippen LogP contribution in [0.1, 0.15) is 5.56 Å². The molecular formula is C30H30N4O4. The molecule has 1 saturated heterocycles. The van der Waals surface area contributed by atoms with Crippen molar-refractivity contribution < 1.29 is 19.7 Å². The number of aliphatic hydroxyl groups excluding tert-OH is 2. The minimum absolute atomic E-state index is 0.489. The van der Waals surface area contributed by atoms with Gasteiger partial charge in [0.25, 0.3) is 0 Å². The Balaban J connectivity index is 1.28. The highest BCUT2D eigenvalue weighted by Crippen LogP contribution is 2.30. The summed E-state index contributed by atoms with van der Waals surface area (Å²) in [5, 5.41) is 20.7. The Morgan fingerprint density at radius 3 is 2.53 bits per heavy atom. The van der Waals surface area contributed by atoms with Crippen molar-refractivity contribution in [3.05, 3.63) is 84.7 Å². The molecule has 2 atom stereocenters. The highest BCUT2D eigenvalue weighted by Gasteiger charge is 2.29. The third kappa shape index (κ3) is 4.87. The van der Waals surface area contributed by atoms with Crippen molar-refractivity contribution in [3.63, 3.8) is 0 Å². The molecule has 194 valence electrons. The van der Waals surface area contributed by atoms with E-state index in [1.54, 1.807) is 13.4 Å². The first-order chi connectivity index (χ1) is 18.6. The first-order valence-electron chi connectivity index (χ1n) is 12.8. The number of imidazole rings is 1. The van der Waals surface area contributed by atoms with E-state index in [-0.39, 0.29) is 0 Å². The summed E-state index contributed by atoms with van der Waals surface area (Å²) in [6, 6.07) is 24.6. The van der Waals surface area contributed by atoms with Crippen molar-refractivity contribution in [1.29, 1.82) is 0 Å². The predicted octanol–water partition coefficient (Wildman–Crippen LogP) is 3.80. The van der Waals surface area contributed by atoms with Gasteiger partial charge in [-0.3, -0.25) is 9.47 Å². The molecule has 8 nitrogen and oxygen atoms in total. The van der Waals surface area contributed by atoms with E-state index >= 15 is 0 Å². The molecule has 2 aromatic heterocycles. The quantitative estimate of drug-likeness (QED) is 0.307. The first kappa shape index (κ1) is 24.5. The minimum atomic E-state index is -0.672. The van der Waals surface area contributed by atoms with Crippen LogP contribution in [0.4, 0.5) is 0 Å². The summed E-state index contributed by atoms with van der Waals surface area (Å²) in [5.41, 5.74) is 5.99. The number of methoxy groups -OCH3 is 1. The molecule has 5 aromatic rings. The average Bonchev–Trinajstić information content (AvgIpc) is 3.50. The maximum Gasteiger partial charge on any atom is 0.139 e. The monoisotopic (exact) mass is 510 g/mol. The van der Waals surface area contributed by atoms with Crippen LogP contribution >= 0.6 is 0 Å². The molecule has 0 unspecified atom stereocenters. The Kier molecular flexibility index (Phi) is 6.78. The highest BCUT2D eigenvalue weighted by molar-refractivity contribution is 5.94. The second-order valence-electron chi connectivity index (χ2n) is 9.68. The summed E-state index contributed by atoms with van der Waals surface area (Å²) in [5.74, 6) is 1.55. The van der Waals surface area contributed by atoms with Gasteiger partial charge in [0.2, 0.25) is 0 Å². The summed E-state index contributed by atoms with van der Waals surface area (Å²) in [7, 11) is 1.65. The molecule has 3 heterocycles. The predicted molar refractivity (Wildman–Crippen MR) is 146 cm³/mol.